The topological polar surface area (TPSA) is 26.0 Å². The summed E-state index contributed by atoms with van der Waals surface area (Å²) in [6.45, 7) is 2.11. The Kier molecular flexibility index (Phi) is 3.58. The van der Waals surface area contributed by atoms with Crippen molar-refractivity contribution in [3.8, 4) is 21.7 Å². The second-order valence-corrected chi connectivity index (χ2v) is 8.42. The zero-order chi connectivity index (χ0) is 19.4. The molecule has 0 saturated carbocycles. The van der Waals surface area contributed by atoms with Crippen molar-refractivity contribution in [3.63, 3.8) is 0 Å². The van der Waals surface area contributed by atoms with Crippen LogP contribution < -0.4 is 0 Å². The van der Waals surface area contributed by atoms with E-state index < -0.39 is 0 Å². The number of furan rings is 1. The molecule has 0 aliphatic carbocycles. The summed E-state index contributed by atoms with van der Waals surface area (Å²) < 4.78 is 7.39. The first-order valence-corrected chi connectivity index (χ1v) is 10.5. The van der Waals surface area contributed by atoms with Crippen LogP contribution in [0.15, 0.2) is 89.3 Å². The Morgan fingerprint density at radius 2 is 1.62 bits per heavy atom. The van der Waals surface area contributed by atoms with Gasteiger partial charge in [0.25, 0.3) is 0 Å². The van der Waals surface area contributed by atoms with Crippen molar-refractivity contribution in [2.45, 2.75) is 6.92 Å². The van der Waals surface area contributed by atoms with Crippen LogP contribution in [0.5, 0.6) is 0 Å². The third kappa shape index (κ3) is 2.66. The smallest absolute Gasteiger partial charge is 0.144 e. The number of aryl methyl sites for hydroxylation is 1. The summed E-state index contributed by atoms with van der Waals surface area (Å²) in [6.07, 6.45) is 0. The van der Waals surface area contributed by atoms with Crippen LogP contribution in [0, 0.1) is 6.92 Å². The van der Waals surface area contributed by atoms with Gasteiger partial charge in [0.2, 0.25) is 0 Å². The second kappa shape index (κ2) is 6.29. The number of benzene rings is 3. The van der Waals surface area contributed by atoms with Gasteiger partial charge in [-0.1, -0.05) is 60.2 Å². The van der Waals surface area contributed by atoms with Crippen molar-refractivity contribution in [3.05, 3.63) is 90.5 Å². The minimum absolute atomic E-state index is 0.898. The molecule has 3 heteroatoms. The summed E-state index contributed by atoms with van der Waals surface area (Å²) >= 11 is 1.78. The molecule has 0 spiro atoms. The molecule has 6 aromatic rings. The Morgan fingerprint density at radius 1 is 0.793 bits per heavy atom. The number of fused-ring (bicyclic) bond motifs is 4. The van der Waals surface area contributed by atoms with Gasteiger partial charge < -0.3 is 4.42 Å². The van der Waals surface area contributed by atoms with Crippen LogP contribution in [0.25, 0.3) is 53.9 Å². The van der Waals surface area contributed by atoms with Crippen molar-refractivity contribution in [1.29, 1.82) is 0 Å². The fourth-order valence-electron chi connectivity index (χ4n) is 3.88. The van der Waals surface area contributed by atoms with Crippen LogP contribution >= 0.6 is 11.3 Å². The molecule has 0 N–H and O–H groups in total. The van der Waals surface area contributed by atoms with Gasteiger partial charge in [-0.2, -0.15) is 0 Å². The van der Waals surface area contributed by atoms with Crippen molar-refractivity contribution in [2.24, 2.45) is 0 Å². The molecule has 0 unspecified atom stereocenters. The van der Waals surface area contributed by atoms with Crippen LogP contribution in [0.3, 0.4) is 0 Å². The zero-order valence-electron chi connectivity index (χ0n) is 15.8. The van der Waals surface area contributed by atoms with Gasteiger partial charge in [-0.25, -0.2) is 4.98 Å². The van der Waals surface area contributed by atoms with Gasteiger partial charge in [0.05, 0.1) is 15.9 Å². The van der Waals surface area contributed by atoms with Crippen LogP contribution in [0.1, 0.15) is 5.56 Å². The normalized spacial score (nSPS) is 11.6. The highest BCUT2D eigenvalue weighted by molar-refractivity contribution is 7.22. The number of thiophene rings is 1. The van der Waals surface area contributed by atoms with E-state index in [9.17, 15) is 0 Å². The Labute approximate surface area is 172 Å². The molecule has 3 aromatic carbocycles. The van der Waals surface area contributed by atoms with Gasteiger partial charge in [0.15, 0.2) is 0 Å². The van der Waals surface area contributed by atoms with E-state index in [1.165, 1.54) is 20.7 Å². The molecule has 0 amide bonds. The van der Waals surface area contributed by atoms with Crippen LogP contribution in [-0.2, 0) is 0 Å². The molecule has 138 valence electrons. The maximum absolute atomic E-state index is 6.20. The molecule has 6 rings (SSSR count). The SMILES string of the molecule is Cc1ccc(-c2cc3nc(-c4cccc5c4oc4ccccc45)ccc3s2)cc1. The molecule has 2 nitrogen and oxygen atoms in total. The molecule has 0 atom stereocenters. The molecule has 29 heavy (non-hydrogen) atoms. The highest BCUT2D eigenvalue weighted by atomic mass is 32.1. The quantitative estimate of drug-likeness (QED) is 0.300. The van der Waals surface area contributed by atoms with E-state index in [2.05, 4.69) is 73.7 Å². The third-order valence-corrected chi connectivity index (χ3v) is 6.53. The lowest BCUT2D eigenvalue weighted by atomic mass is 10.1. The third-order valence-electron chi connectivity index (χ3n) is 5.39. The summed E-state index contributed by atoms with van der Waals surface area (Å²) in [5.41, 5.74) is 7.31. The standard InChI is InChI=1S/C26H17NOS/c1-16-9-11-17(12-10-16)25-15-22-24(29-25)14-13-21(27-22)20-7-4-6-19-18-5-2-3-8-23(18)28-26(19)20/h2-15H,1H3. The lowest BCUT2D eigenvalue weighted by Gasteiger charge is -2.02. The molecular weight excluding hydrogens is 374 g/mol. The fourth-order valence-corrected chi connectivity index (χ4v) is 4.89. The summed E-state index contributed by atoms with van der Waals surface area (Å²) in [5.74, 6) is 0. The van der Waals surface area contributed by atoms with E-state index in [0.29, 0.717) is 0 Å². The first kappa shape index (κ1) is 16.5. The first-order chi connectivity index (χ1) is 14.3. The summed E-state index contributed by atoms with van der Waals surface area (Å²) in [4.78, 5) is 6.22. The summed E-state index contributed by atoms with van der Waals surface area (Å²) in [5, 5.41) is 2.27. The number of aromatic nitrogens is 1. The Bertz CT molecular complexity index is 1510. The Hall–Kier alpha value is -3.43. The number of hydrogen-bond donors (Lipinski definition) is 0. The number of para-hydroxylation sites is 2. The molecule has 0 fully saturated rings. The average Bonchev–Trinajstić information content (AvgIpc) is 3.35. The zero-order valence-corrected chi connectivity index (χ0v) is 16.7. The number of rotatable bonds is 2. The van der Waals surface area contributed by atoms with E-state index in [0.717, 1.165) is 38.7 Å². The number of hydrogen-bond acceptors (Lipinski definition) is 3. The van der Waals surface area contributed by atoms with E-state index in [-0.39, 0.29) is 0 Å². The fraction of sp³-hybridized carbons (Fsp3) is 0.0385. The van der Waals surface area contributed by atoms with E-state index >= 15 is 0 Å². The first-order valence-electron chi connectivity index (χ1n) is 9.64. The highest BCUT2D eigenvalue weighted by Crippen LogP contribution is 2.37. The van der Waals surface area contributed by atoms with Gasteiger partial charge in [-0.05, 0) is 42.8 Å². The van der Waals surface area contributed by atoms with Gasteiger partial charge in [-0.15, -0.1) is 11.3 Å². The molecule has 3 heterocycles. The van der Waals surface area contributed by atoms with Crippen molar-refractivity contribution < 1.29 is 4.42 Å². The monoisotopic (exact) mass is 391 g/mol. The largest absolute Gasteiger partial charge is 0.455 e. The van der Waals surface area contributed by atoms with Gasteiger partial charge in [0.1, 0.15) is 11.2 Å². The number of pyridine rings is 1. The van der Waals surface area contributed by atoms with Gasteiger partial charge >= 0.3 is 0 Å². The molecule has 0 bridgehead atoms. The highest BCUT2D eigenvalue weighted by Gasteiger charge is 2.14. The molecule has 0 aliphatic rings. The maximum Gasteiger partial charge on any atom is 0.144 e. The van der Waals surface area contributed by atoms with Crippen molar-refractivity contribution in [2.75, 3.05) is 0 Å². The minimum atomic E-state index is 0.898. The lowest BCUT2D eigenvalue weighted by Crippen LogP contribution is -1.83. The Morgan fingerprint density at radius 3 is 2.52 bits per heavy atom. The molecule has 0 aliphatic heterocycles. The summed E-state index contributed by atoms with van der Waals surface area (Å²) in [7, 11) is 0. The lowest BCUT2D eigenvalue weighted by molar-refractivity contribution is 0.670. The molecule has 3 aromatic heterocycles. The van der Waals surface area contributed by atoms with Crippen LogP contribution in [0.2, 0.25) is 0 Å². The minimum Gasteiger partial charge on any atom is -0.455 e. The summed E-state index contributed by atoms with van der Waals surface area (Å²) in [6, 6.07) is 29.6. The molecule has 0 saturated heterocycles. The predicted octanol–water partition coefficient (Wildman–Crippen LogP) is 7.84. The van der Waals surface area contributed by atoms with Crippen LogP contribution in [-0.4, -0.2) is 4.98 Å². The van der Waals surface area contributed by atoms with E-state index in [4.69, 9.17) is 9.40 Å². The van der Waals surface area contributed by atoms with E-state index in [1.807, 2.05) is 18.2 Å². The average molecular weight is 391 g/mol. The van der Waals surface area contributed by atoms with Gasteiger partial charge in [-0.3, -0.25) is 0 Å². The van der Waals surface area contributed by atoms with Crippen molar-refractivity contribution in [1.82, 2.24) is 4.98 Å². The Balaban J connectivity index is 1.52. The van der Waals surface area contributed by atoms with Crippen LogP contribution in [0.4, 0.5) is 0 Å². The number of nitrogens with zero attached hydrogens (tertiary/aromatic N) is 1. The maximum atomic E-state index is 6.20. The predicted molar refractivity (Wildman–Crippen MR) is 123 cm³/mol. The van der Waals surface area contributed by atoms with Crippen molar-refractivity contribution >= 4 is 43.5 Å². The van der Waals surface area contributed by atoms with E-state index in [1.54, 1.807) is 11.3 Å². The molecular formula is C26H17NOS. The second-order valence-electron chi connectivity index (χ2n) is 7.34. The van der Waals surface area contributed by atoms with Gasteiger partial charge in [0, 0.05) is 21.2 Å². The molecule has 0 radical (unpaired) electrons.